The number of imide groups is 1. The van der Waals surface area contributed by atoms with Gasteiger partial charge in [-0.2, -0.15) is 0 Å². The van der Waals surface area contributed by atoms with Gasteiger partial charge in [-0.05, 0) is 31.0 Å². The Hall–Kier alpha value is -3.61. The summed E-state index contributed by atoms with van der Waals surface area (Å²) in [7, 11) is 0. The van der Waals surface area contributed by atoms with Crippen molar-refractivity contribution < 1.29 is 14.4 Å². The predicted molar refractivity (Wildman–Crippen MR) is 118 cm³/mol. The fourth-order valence-corrected chi connectivity index (χ4v) is 3.95. The van der Waals surface area contributed by atoms with Gasteiger partial charge in [-0.15, -0.1) is 0 Å². The van der Waals surface area contributed by atoms with E-state index >= 15 is 0 Å². The third-order valence-electron chi connectivity index (χ3n) is 5.64. The maximum Gasteiger partial charge on any atom is 0.325 e. The first kappa shape index (κ1) is 20.7. The van der Waals surface area contributed by atoms with E-state index in [-0.39, 0.29) is 24.4 Å². The second kappa shape index (κ2) is 8.63. The van der Waals surface area contributed by atoms with Gasteiger partial charge in [0, 0.05) is 36.1 Å². The zero-order chi connectivity index (χ0) is 22.0. The summed E-state index contributed by atoms with van der Waals surface area (Å²) in [5, 5.41) is 3.75. The summed E-state index contributed by atoms with van der Waals surface area (Å²) in [6, 6.07) is 16.2. The quantitative estimate of drug-likeness (QED) is 0.578. The number of fused-ring (bicyclic) bond motifs is 1. The van der Waals surface area contributed by atoms with Crippen LogP contribution in [0.4, 0.5) is 4.79 Å². The number of carbonyl (C=O) groups excluding carboxylic acids is 3. The van der Waals surface area contributed by atoms with Gasteiger partial charge in [0.15, 0.2) is 0 Å². The van der Waals surface area contributed by atoms with E-state index in [9.17, 15) is 14.4 Å². The summed E-state index contributed by atoms with van der Waals surface area (Å²) in [5.74, 6) is -0.623. The number of H-pyrrole nitrogens is 1. The van der Waals surface area contributed by atoms with E-state index in [1.54, 1.807) is 4.90 Å². The van der Waals surface area contributed by atoms with Gasteiger partial charge >= 0.3 is 6.03 Å². The molecule has 1 fully saturated rings. The number of carbonyl (C=O) groups is 3. The van der Waals surface area contributed by atoms with Gasteiger partial charge in [0.1, 0.15) is 12.6 Å². The molecule has 1 aliphatic rings. The Bertz CT molecular complexity index is 1110. The topological polar surface area (TPSA) is 85.5 Å². The van der Waals surface area contributed by atoms with Gasteiger partial charge < -0.3 is 15.2 Å². The molecule has 0 radical (unpaired) electrons. The lowest BCUT2D eigenvalue weighted by molar-refractivity contribution is -0.139. The lowest BCUT2D eigenvalue weighted by atomic mass is 10.1. The first-order valence-corrected chi connectivity index (χ1v) is 10.4. The van der Waals surface area contributed by atoms with Crippen LogP contribution in [0.5, 0.6) is 0 Å². The van der Waals surface area contributed by atoms with Crippen LogP contribution >= 0.6 is 0 Å². The Morgan fingerprint density at radius 2 is 1.77 bits per heavy atom. The molecule has 160 valence electrons. The number of nitrogens with zero attached hydrogens (tertiary/aromatic N) is 2. The van der Waals surface area contributed by atoms with Crippen LogP contribution in [-0.2, 0) is 22.6 Å². The van der Waals surface area contributed by atoms with Crippen LogP contribution in [0, 0.1) is 0 Å². The highest BCUT2D eigenvalue weighted by molar-refractivity contribution is 6.06. The Labute approximate surface area is 181 Å². The van der Waals surface area contributed by atoms with Crippen molar-refractivity contribution in [1.29, 1.82) is 0 Å². The number of rotatable bonds is 7. The molecule has 4 amide bonds. The van der Waals surface area contributed by atoms with E-state index in [1.165, 1.54) is 0 Å². The third-order valence-corrected chi connectivity index (χ3v) is 5.64. The van der Waals surface area contributed by atoms with Gasteiger partial charge in [-0.25, -0.2) is 4.79 Å². The smallest absolute Gasteiger partial charge is 0.325 e. The normalized spacial score (nSPS) is 16.2. The average molecular weight is 418 g/mol. The van der Waals surface area contributed by atoms with Crippen LogP contribution in [0.2, 0.25) is 0 Å². The SMILES string of the molecule is CC(C)N(Cc1ccccc1)C(=O)CN1C(=O)N[C@H](Cc2c[nH]c3ccccc23)C1=O. The van der Waals surface area contributed by atoms with Crippen LogP contribution in [-0.4, -0.2) is 51.3 Å². The number of hydrogen-bond acceptors (Lipinski definition) is 3. The van der Waals surface area contributed by atoms with Crippen molar-refractivity contribution in [2.24, 2.45) is 0 Å². The van der Waals surface area contributed by atoms with E-state index in [4.69, 9.17) is 0 Å². The Morgan fingerprint density at radius 1 is 1.06 bits per heavy atom. The molecule has 2 heterocycles. The van der Waals surface area contributed by atoms with Crippen molar-refractivity contribution in [2.75, 3.05) is 6.54 Å². The fourth-order valence-electron chi connectivity index (χ4n) is 3.95. The highest BCUT2D eigenvalue weighted by Gasteiger charge is 2.40. The summed E-state index contributed by atoms with van der Waals surface area (Å²) in [6.45, 7) is 4.01. The van der Waals surface area contributed by atoms with Gasteiger partial charge in [-0.3, -0.25) is 14.5 Å². The molecule has 7 nitrogen and oxygen atoms in total. The lowest BCUT2D eigenvalue weighted by Gasteiger charge is -2.28. The van der Waals surface area contributed by atoms with Crippen LogP contribution < -0.4 is 5.32 Å². The van der Waals surface area contributed by atoms with Crippen LogP contribution in [0.1, 0.15) is 25.0 Å². The number of hydrogen-bond donors (Lipinski definition) is 2. The summed E-state index contributed by atoms with van der Waals surface area (Å²) < 4.78 is 0. The van der Waals surface area contributed by atoms with E-state index < -0.39 is 12.1 Å². The molecule has 0 spiro atoms. The molecule has 2 aromatic carbocycles. The zero-order valence-corrected chi connectivity index (χ0v) is 17.7. The lowest BCUT2D eigenvalue weighted by Crippen LogP contribution is -2.45. The van der Waals surface area contributed by atoms with Crippen molar-refractivity contribution in [3.8, 4) is 0 Å². The molecule has 3 aromatic rings. The maximum absolute atomic E-state index is 13.0. The van der Waals surface area contributed by atoms with Gasteiger partial charge in [0.05, 0.1) is 0 Å². The first-order valence-electron chi connectivity index (χ1n) is 10.4. The number of aromatic amines is 1. The molecule has 1 saturated heterocycles. The van der Waals surface area contributed by atoms with Crippen LogP contribution in [0.15, 0.2) is 60.8 Å². The molecule has 0 aliphatic carbocycles. The molecule has 0 saturated carbocycles. The molecular weight excluding hydrogens is 392 g/mol. The predicted octanol–water partition coefficient (Wildman–Crippen LogP) is 3.07. The number of aromatic nitrogens is 1. The minimum atomic E-state index is -0.680. The zero-order valence-electron chi connectivity index (χ0n) is 17.7. The molecule has 31 heavy (non-hydrogen) atoms. The average Bonchev–Trinajstić information content (AvgIpc) is 3.29. The largest absolute Gasteiger partial charge is 0.361 e. The fraction of sp³-hybridized carbons (Fsp3) is 0.292. The summed E-state index contributed by atoms with van der Waals surface area (Å²) in [4.78, 5) is 44.3. The van der Waals surface area contributed by atoms with Crippen molar-refractivity contribution in [1.82, 2.24) is 20.1 Å². The standard InChI is InChI=1S/C24H26N4O3/c1-16(2)27(14-17-8-4-3-5-9-17)22(29)15-28-23(30)21(26-24(28)31)12-18-13-25-20-11-7-6-10-19(18)20/h3-11,13,16,21,25H,12,14-15H2,1-2H3,(H,26,31)/t21-/m1/s1. The van der Waals surface area contributed by atoms with E-state index in [0.29, 0.717) is 13.0 Å². The maximum atomic E-state index is 13.0. The molecule has 4 rings (SSSR count). The number of nitrogens with one attached hydrogen (secondary N) is 2. The molecule has 1 aromatic heterocycles. The summed E-state index contributed by atoms with van der Waals surface area (Å²) in [6.07, 6.45) is 2.23. The summed E-state index contributed by atoms with van der Waals surface area (Å²) >= 11 is 0. The van der Waals surface area contributed by atoms with Crippen molar-refractivity contribution >= 4 is 28.7 Å². The second-order valence-corrected chi connectivity index (χ2v) is 8.09. The molecule has 0 unspecified atom stereocenters. The first-order chi connectivity index (χ1) is 14.9. The van der Waals surface area contributed by atoms with Gasteiger partial charge in [0.25, 0.3) is 5.91 Å². The minimum absolute atomic E-state index is 0.0597. The number of para-hydroxylation sites is 1. The van der Waals surface area contributed by atoms with E-state index in [2.05, 4.69) is 10.3 Å². The van der Waals surface area contributed by atoms with Crippen LogP contribution in [0.25, 0.3) is 10.9 Å². The second-order valence-electron chi connectivity index (χ2n) is 8.09. The van der Waals surface area contributed by atoms with Crippen molar-refractivity contribution in [3.05, 3.63) is 71.9 Å². The Kier molecular flexibility index (Phi) is 5.75. The van der Waals surface area contributed by atoms with Crippen LogP contribution in [0.3, 0.4) is 0 Å². The number of urea groups is 1. The van der Waals surface area contributed by atoms with Crippen molar-refractivity contribution in [3.63, 3.8) is 0 Å². The molecular formula is C24H26N4O3. The molecule has 1 atom stereocenters. The summed E-state index contributed by atoms with van der Waals surface area (Å²) in [5.41, 5.74) is 2.93. The van der Waals surface area contributed by atoms with Crippen molar-refractivity contribution in [2.45, 2.75) is 38.9 Å². The van der Waals surface area contributed by atoms with E-state index in [1.807, 2.05) is 74.6 Å². The van der Waals surface area contributed by atoms with Gasteiger partial charge in [0.2, 0.25) is 5.91 Å². The molecule has 1 aliphatic heterocycles. The minimum Gasteiger partial charge on any atom is -0.361 e. The Balaban J connectivity index is 1.45. The van der Waals surface area contributed by atoms with E-state index in [0.717, 1.165) is 26.9 Å². The van der Waals surface area contributed by atoms with Gasteiger partial charge in [-0.1, -0.05) is 48.5 Å². The Morgan fingerprint density at radius 3 is 2.52 bits per heavy atom. The molecule has 0 bridgehead atoms. The third kappa shape index (κ3) is 4.30. The number of benzene rings is 2. The molecule has 7 heteroatoms. The highest BCUT2D eigenvalue weighted by Crippen LogP contribution is 2.21. The molecule has 2 N–H and O–H groups in total. The number of amides is 4. The highest BCUT2D eigenvalue weighted by atomic mass is 16.2. The monoisotopic (exact) mass is 418 g/mol.